The van der Waals surface area contributed by atoms with Gasteiger partial charge in [-0.15, -0.1) is 0 Å². The quantitative estimate of drug-likeness (QED) is 0.199. The molecule has 0 saturated carbocycles. The summed E-state index contributed by atoms with van der Waals surface area (Å²) in [4.78, 5) is 0. The second kappa shape index (κ2) is 20.2. The molecule has 0 N–H and O–H groups in total. The highest BCUT2D eigenvalue weighted by Crippen LogP contribution is 2.13. The fraction of sp³-hybridized carbons (Fsp3) is 0.857. The highest BCUT2D eigenvalue weighted by atomic mass is 14.2. The van der Waals surface area contributed by atoms with Crippen LogP contribution >= 0.6 is 0 Å². The number of rotatable bonds is 17. The zero-order chi connectivity index (χ0) is 16.1. The molecule has 0 aliphatic heterocycles. The average Bonchev–Trinajstić information content (AvgIpc) is 2.54. The largest absolute Gasteiger partial charge is 0.198 e. The van der Waals surface area contributed by atoms with Gasteiger partial charge < -0.3 is 0 Å². The number of allylic oxidation sites excluding steroid dienone is 2. The van der Waals surface area contributed by atoms with Crippen molar-refractivity contribution >= 4 is 0 Å². The Hall–Kier alpha value is -0.770. The maximum Gasteiger partial charge on any atom is 0.0621 e. The third-order valence-electron chi connectivity index (χ3n) is 4.30. The molecule has 0 aliphatic carbocycles. The Morgan fingerprint density at radius 1 is 0.591 bits per heavy atom. The summed E-state index contributed by atoms with van der Waals surface area (Å²) in [7, 11) is 0. The molecule has 0 heterocycles. The first-order valence-electron chi connectivity index (χ1n) is 9.93. The first-order chi connectivity index (χ1) is 10.9. The van der Waals surface area contributed by atoms with Gasteiger partial charge in [0, 0.05) is 6.42 Å². The van der Waals surface area contributed by atoms with Crippen molar-refractivity contribution in [2.75, 3.05) is 0 Å². The van der Waals surface area contributed by atoms with Crippen LogP contribution in [0, 0.1) is 11.3 Å². The van der Waals surface area contributed by atoms with Crippen LogP contribution in [0.2, 0.25) is 0 Å². The Bertz CT molecular complexity index is 262. The lowest BCUT2D eigenvalue weighted by Crippen LogP contribution is -1.82. The maximum atomic E-state index is 8.43. The molecular formula is C21H39N. The lowest BCUT2D eigenvalue weighted by atomic mass is 10.0. The van der Waals surface area contributed by atoms with Gasteiger partial charge in [-0.05, 0) is 25.7 Å². The topological polar surface area (TPSA) is 23.8 Å². The summed E-state index contributed by atoms with van der Waals surface area (Å²) in [5.41, 5.74) is 0. The molecule has 0 spiro atoms. The van der Waals surface area contributed by atoms with Crippen molar-refractivity contribution in [3.05, 3.63) is 12.2 Å². The Labute approximate surface area is 140 Å². The van der Waals surface area contributed by atoms with Crippen LogP contribution in [0.15, 0.2) is 12.2 Å². The smallest absolute Gasteiger partial charge is 0.0621 e. The number of unbranched alkanes of at least 4 members (excludes halogenated alkanes) is 15. The molecule has 0 fully saturated rings. The van der Waals surface area contributed by atoms with Gasteiger partial charge in [-0.25, -0.2) is 0 Å². The number of hydrogen-bond acceptors (Lipinski definition) is 1. The van der Waals surface area contributed by atoms with Crippen LogP contribution in [0.4, 0.5) is 0 Å². The second-order valence-electron chi connectivity index (χ2n) is 6.55. The summed E-state index contributed by atoms with van der Waals surface area (Å²) in [6.07, 6.45) is 27.1. The van der Waals surface area contributed by atoms with Gasteiger partial charge in [0.15, 0.2) is 0 Å². The summed E-state index contributed by atoms with van der Waals surface area (Å²) < 4.78 is 0. The first kappa shape index (κ1) is 21.2. The van der Waals surface area contributed by atoms with Crippen LogP contribution in [0.5, 0.6) is 0 Å². The number of nitrogens with zero attached hydrogens (tertiary/aromatic N) is 1. The SMILES string of the molecule is CCCCCCCCCCCCCCC/C=C/CCCC#N. The van der Waals surface area contributed by atoms with Crippen LogP contribution in [0.3, 0.4) is 0 Å². The van der Waals surface area contributed by atoms with Crippen molar-refractivity contribution in [3.63, 3.8) is 0 Å². The average molecular weight is 306 g/mol. The maximum absolute atomic E-state index is 8.43. The molecule has 0 aliphatic rings. The Kier molecular flexibility index (Phi) is 19.5. The zero-order valence-electron chi connectivity index (χ0n) is 15.1. The van der Waals surface area contributed by atoms with Crippen LogP contribution in [-0.4, -0.2) is 0 Å². The van der Waals surface area contributed by atoms with Gasteiger partial charge in [0.1, 0.15) is 0 Å². The van der Waals surface area contributed by atoms with Crippen molar-refractivity contribution in [3.8, 4) is 6.07 Å². The summed E-state index contributed by atoms with van der Waals surface area (Å²) in [5.74, 6) is 0. The number of nitriles is 1. The van der Waals surface area contributed by atoms with Crippen molar-refractivity contribution < 1.29 is 0 Å². The zero-order valence-corrected chi connectivity index (χ0v) is 15.1. The van der Waals surface area contributed by atoms with Crippen LogP contribution < -0.4 is 0 Å². The molecule has 0 aromatic heterocycles. The fourth-order valence-corrected chi connectivity index (χ4v) is 2.81. The lowest BCUT2D eigenvalue weighted by molar-refractivity contribution is 0.540. The Morgan fingerprint density at radius 2 is 1.00 bits per heavy atom. The van der Waals surface area contributed by atoms with Crippen LogP contribution in [-0.2, 0) is 0 Å². The molecule has 0 saturated heterocycles. The fourth-order valence-electron chi connectivity index (χ4n) is 2.81. The minimum Gasteiger partial charge on any atom is -0.198 e. The summed E-state index contributed by atoms with van der Waals surface area (Å²) >= 11 is 0. The second-order valence-corrected chi connectivity index (χ2v) is 6.55. The Balaban J connectivity index is 3.01. The van der Waals surface area contributed by atoms with E-state index in [0.717, 1.165) is 12.8 Å². The minimum absolute atomic E-state index is 0.698. The predicted octanol–water partition coefficient (Wildman–Crippen LogP) is 7.72. The Morgan fingerprint density at radius 3 is 1.45 bits per heavy atom. The highest BCUT2D eigenvalue weighted by molar-refractivity contribution is 4.82. The van der Waals surface area contributed by atoms with Crippen LogP contribution in [0.1, 0.15) is 116 Å². The molecule has 0 bridgehead atoms. The molecule has 1 nitrogen and oxygen atoms in total. The van der Waals surface area contributed by atoms with Gasteiger partial charge >= 0.3 is 0 Å². The van der Waals surface area contributed by atoms with Crippen molar-refractivity contribution in [1.29, 1.82) is 5.26 Å². The third-order valence-corrected chi connectivity index (χ3v) is 4.30. The van der Waals surface area contributed by atoms with E-state index in [4.69, 9.17) is 5.26 Å². The van der Waals surface area contributed by atoms with Gasteiger partial charge in [0.2, 0.25) is 0 Å². The van der Waals surface area contributed by atoms with E-state index >= 15 is 0 Å². The molecule has 0 atom stereocenters. The molecule has 0 aromatic rings. The first-order valence-corrected chi connectivity index (χ1v) is 9.93. The van der Waals surface area contributed by atoms with Gasteiger partial charge in [-0.1, -0.05) is 96.1 Å². The van der Waals surface area contributed by atoms with E-state index in [-0.39, 0.29) is 0 Å². The van der Waals surface area contributed by atoms with E-state index in [2.05, 4.69) is 25.1 Å². The van der Waals surface area contributed by atoms with Gasteiger partial charge in [0.25, 0.3) is 0 Å². The normalized spacial score (nSPS) is 11.1. The predicted molar refractivity (Wildman–Crippen MR) is 98.9 cm³/mol. The molecule has 22 heavy (non-hydrogen) atoms. The molecule has 0 rings (SSSR count). The molecular weight excluding hydrogens is 266 g/mol. The minimum atomic E-state index is 0.698. The lowest BCUT2D eigenvalue weighted by Gasteiger charge is -2.02. The molecule has 128 valence electrons. The monoisotopic (exact) mass is 305 g/mol. The van der Waals surface area contributed by atoms with E-state index < -0.39 is 0 Å². The van der Waals surface area contributed by atoms with Crippen molar-refractivity contribution in [2.45, 2.75) is 116 Å². The standard InChI is InChI=1S/C21H39N/c1-2-3-4-5-6-7-8-9-10-11-12-13-14-15-16-17-18-19-20-21-22/h16-17H,2-15,18-20H2,1H3/b17-16+. The highest BCUT2D eigenvalue weighted by Gasteiger charge is 1.93. The van der Waals surface area contributed by atoms with Gasteiger partial charge in [-0.3, -0.25) is 0 Å². The molecule has 0 amide bonds. The molecule has 0 unspecified atom stereocenters. The van der Waals surface area contributed by atoms with Gasteiger partial charge in [-0.2, -0.15) is 5.26 Å². The summed E-state index contributed by atoms with van der Waals surface area (Å²) in [6, 6.07) is 2.19. The number of hydrogen-bond donors (Lipinski definition) is 0. The van der Waals surface area contributed by atoms with E-state index in [1.165, 1.54) is 89.9 Å². The van der Waals surface area contributed by atoms with E-state index in [0.29, 0.717) is 6.42 Å². The van der Waals surface area contributed by atoms with Crippen molar-refractivity contribution in [1.82, 2.24) is 0 Å². The van der Waals surface area contributed by atoms with E-state index in [9.17, 15) is 0 Å². The van der Waals surface area contributed by atoms with E-state index in [1.807, 2.05) is 0 Å². The van der Waals surface area contributed by atoms with Crippen molar-refractivity contribution in [2.24, 2.45) is 0 Å². The van der Waals surface area contributed by atoms with Gasteiger partial charge in [0.05, 0.1) is 6.07 Å². The molecule has 0 radical (unpaired) electrons. The van der Waals surface area contributed by atoms with Crippen LogP contribution in [0.25, 0.3) is 0 Å². The third kappa shape index (κ3) is 19.2. The van der Waals surface area contributed by atoms with E-state index in [1.54, 1.807) is 0 Å². The summed E-state index contributed by atoms with van der Waals surface area (Å²) in [5, 5.41) is 8.43. The summed E-state index contributed by atoms with van der Waals surface area (Å²) in [6.45, 7) is 2.29. The molecule has 0 aromatic carbocycles. The molecule has 1 heteroatoms.